The third kappa shape index (κ3) is 3.81. The van der Waals surface area contributed by atoms with Crippen LogP contribution < -0.4 is 0 Å². The molecular weight excluding hydrogens is 407 g/mol. The van der Waals surface area contributed by atoms with Gasteiger partial charge in [0, 0.05) is 9.15 Å². The van der Waals surface area contributed by atoms with Crippen molar-refractivity contribution in [1.29, 1.82) is 0 Å². The second-order valence-corrected chi connectivity index (χ2v) is 7.61. The molecule has 1 aliphatic carbocycles. The molecule has 2 aromatic rings. The molecule has 1 aliphatic rings. The molecule has 0 fully saturated rings. The van der Waals surface area contributed by atoms with Crippen LogP contribution in [0.5, 0.6) is 0 Å². The third-order valence-corrected chi connectivity index (χ3v) is 5.72. The van der Waals surface area contributed by atoms with Gasteiger partial charge < -0.3 is 5.11 Å². The van der Waals surface area contributed by atoms with Crippen molar-refractivity contribution in [2.75, 3.05) is 0 Å². The fraction of sp³-hybridized carbons (Fsp3) is 0.273. The predicted molar refractivity (Wildman–Crippen MR) is 110 cm³/mol. The lowest BCUT2D eigenvalue weighted by atomic mass is 9.90. The van der Waals surface area contributed by atoms with Gasteiger partial charge in [-0.2, -0.15) is 0 Å². The highest BCUT2D eigenvalue weighted by Gasteiger charge is 2.21. The lowest BCUT2D eigenvalue weighted by Gasteiger charge is -2.22. The molecule has 1 nitrogen and oxygen atoms in total. The molecule has 0 aliphatic heterocycles. The minimum absolute atomic E-state index is 0.350. The van der Waals surface area contributed by atoms with E-state index < -0.39 is 0 Å². The van der Waals surface area contributed by atoms with Gasteiger partial charge in [-0.15, -0.1) is 0 Å². The monoisotopic (exact) mass is 430 g/mol. The van der Waals surface area contributed by atoms with Crippen molar-refractivity contribution in [1.82, 2.24) is 0 Å². The molecule has 124 valence electrons. The summed E-state index contributed by atoms with van der Waals surface area (Å²) >= 11 is 2.41. The highest BCUT2D eigenvalue weighted by molar-refractivity contribution is 14.1. The normalized spacial score (nSPS) is 17.3. The Morgan fingerprint density at radius 2 is 1.42 bits per heavy atom. The Kier molecular flexibility index (Phi) is 5.57. The van der Waals surface area contributed by atoms with Crippen molar-refractivity contribution in [3.63, 3.8) is 0 Å². The van der Waals surface area contributed by atoms with Gasteiger partial charge in [0.2, 0.25) is 0 Å². The summed E-state index contributed by atoms with van der Waals surface area (Å²) in [7, 11) is 0. The van der Waals surface area contributed by atoms with E-state index in [9.17, 15) is 5.11 Å². The number of rotatable bonds is 3. The Morgan fingerprint density at radius 1 is 0.917 bits per heavy atom. The SMILES string of the molecule is Cc1ccc(C(=C(I)C2=CCCCC2O)c2ccc(C)cc2)cc1. The summed E-state index contributed by atoms with van der Waals surface area (Å²) in [6.07, 6.45) is 4.83. The van der Waals surface area contributed by atoms with Gasteiger partial charge in [-0.1, -0.05) is 65.7 Å². The van der Waals surface area contributed by atoms with E-state index in [2.05, 4.69) is 91.0 Å². The van der Waals surface area contributed by atoms with E-state index in [4.69, 9.17) is 0 Å². The van der Waals surface area contributed by atoms with Crippen LogP contribution in [0.25, 0.3) is 5.57 Å². The van der Waals surface area contributed by atoms with Gasteiger partial charge in [-0.3, -0.25) is 0 Å². The fourth-order valence-corrected chi connectivity index (χ4v) is 4.30. The quantitative estimate of drug-likeness (QED) is 0.595. The number of halogens is 1. The van der Waals surface area contributed by atoms with E-state index in [-0.39, 0.29) is 6.10 Å². The van der Waals surface area contributed by atoms with Crippen LogP contribution in [-0.4, -0.2) is 11.2 Å². The molecular formula is C22H23IO. The first kappa shape index (κ1) is 17.4. The van der Waals surface area contributed by atoms with Crippen molar-refractivity contribution in [2.45, 2.75) is 39.2 Å². The molecule has 0 heterocycles. The fourth-order valence-electron chi connectivity index (χ4n) is 3.10. The lowest BCUT2D eigenvalue weighted by molar-refractivity contribution is 0.195. The molecule has 0 aromatic heterocycles. The van der Waals surface area contributed by atoms with Crippen LogP contribution in [0.1, 0.15) is 41.5 Å². The maximum absolute atomic E-state index is 10.5. The second-order valence-electron chi connectivity index (χ2n) is 6.53. The van der Waals surface area contributed by atoms with Crippen LogP contribution in [0.3, 0.4) is 0 Å². The largest absolute Gasteiger partial charge is 0.388 e. The topological polar surface area (TPSA) is 20.2 Å². The van der Waals surface area contributed by atoms with Crippen LogP contribution in [0.4, 0.5) is 0 Å². The summed E-state index contributed by atoms with van der Waals surface area (Å²) in [4.78, 5) is 0. The number of hydrogen-bond donors (Lipinski definition) is 1. The molecule has 2 heteroatoms. The Balaban J connectivity index is 2.17. The molecule has 0 amide bonds. The maximum atomic E-state index is 10.5. The molecule has 0 radical (unpaired) electrons. The molecule has 0 saturated carbocycles. The van der Waals surface area contributed by atoms with Crippen LogP contribution >= 0.6 is 22.6 Å². The number of allylic oxidation sites excluding steroid dienone is 1. The van der Waals surface area contributed by atoms with Gasteiger partial charge in [-0.25, -0.2) is 0 Å². The van der Waals surface area contributed by atoms with E-state index >= 15 is 0 Å². The summed E-state index contributed by atoms with van der Waals surface area (Å²) in [5, 5.41) is 10.5. The molecule has 1 unspecified atom stereocenters. The second kappa shape index (κ2) is 7.66. The van der Waals surface area contributed by atoms with Gasteiger partial charge in [-0.05, 0) is 72.4 Å². The Labute approximate surface area is 158 Å². The van der Waals surface area contributed by atoms with Crippen molar-refractivity contribution in [3.8, 4) is 0 Å². The summed E-state index contributed by atoms with van der Waals surface area (Å²) in [5.74, 6) is 0. The Hall–Kier alpha value is -1.39. The van der Waals surface area contributed by atoms with Gasteiger partial charge >= 0.3 is 0 Å². The predicted octanol–water partition coefficient (Wildman–Crippen LogP) is 5.97. The molecule has 24 heavy (non-hydrogen) atoms. The van der Waals surface area contributed by atoms with Gasteiger partial charge in [0.05, 0.1) is 6.10 Å². The van der Waals surface area contributed by atoms with E-state index in [1.54, 1.807) is 0 Å². The highest BCUT2D eigenvalue weighted by Crippen LogP contribution is 2.38. The molecule has 0 saturated heterocycles. The van der Waals surface area contributed by atoms with Gasteiger partial charge in [0.25, 0.3) is 0 Å². The van der Waals surface area contributed by atoms with Crippen molar-refractivity contribution < 1.29 is 5.11 Å². The summed E-state index contributed by atoms with van der Waals surface area (Å²) < 4.78 is 1.16. The number of aryl methyl sites for hydroxylation is 2. The van der Waals surface area contributed by atoms with Crippen molar-refractivity contribution >= 4 is 28.2 Å². The van der Waals surface area contributed by atoms with Crippen molar-refractivity contribution in [2.24, 2.45) is 0 Å². The minimum atomic E-state index is -0.350. The number of benzene rings is 2. The van der Waals surface area contributed by atoms with Crippen LogP contribution in [0.15, 0.2) is 63.8 Å². The van der Waals surface area contributed by atoms with E-state index in [0.29, 0.717) is 0 Å². The number of aliphatic hydroxyl groups is 1. The molecule has 2 aromatic carbocycles. The molecule has 3 rings (SSSR count). The average Bonchev–Trinajstić information content (AvgIpc) is 2.59. The standard InChI is InChI=1S/C22H23IO/c1-15-7-11-17(12-8-15)21(18-13-9-16(2)10-14-18)22(23)19-5-3-4-6-20(19)24/h5,7-14,20,24H,3-4,6H2,1-2H3. The van der Waals surface area contributed by atoms with Crippen LogP contribution in [0, 0.1) is 13.8 Å². The number of hydrogen-bond acceptors (Lipinski definition) is 1. The highest BCUT2D eigenvalue weighted by atomic mass is 127. The van der Waals surface area contributed by atoms with Crippen LogP contribution in [0.2, 0.25) is 0 Å². The average molecular weight is 430 g/mol. The molecule has 1 N–H and O–H groups in total. The third-order valence-electron chi connectivity index (χ3n) is 4.56. The zero-order valence-corrected chi connectivity index (χ0v) is 16.4. The zero-order valence-electron chi connectivity index (χ0n) is 14.2. The summed E-state index contributed by atoms with van der Waals surface area (Å²) in [5.41, 5.74) is 7.21. The summed E-state index contributed by atoms with van der Waals surface area (Å²) in [6.45, 7) is 4.22. The van der Waals surface area contributed by atoms with E-state index in [1.165, 1.54) is 27.8 Å². The summed E-state index contributed by atoms with van der Waals surface area (Å²) in [6, 6.07) is 17.3. The lowest BCUT2D eigenvalue weighted by Crippen LogP contribution is -2.14. The smallest absolute Gasteiger partial charge is 0.0797 e. The Bertz CT molecular complexity index is 719. The van der Waals surface area contributed by atoms with Gasteiger partial charge in [0.15, 0.2) is 0 Å². The van der Waals surface area contributed by atoms with Gasteiger partial charge in [0.1, 0.15) is 0 Å². The first-order chi connectivity index (χ1) is 11.6. The minimum Gasteiger partial charge on any atom is -0.388 e. The first-order valence-electron chi connectivity index (χ1n) is 8.48. The van der Waals surface area contributed by atoms with Crippen molar-refractivity contribution in [3.05, 3.63) is 86.0 Å². The van der Waals surface area contributed by atoms with E-state index in [1.807, 2.05) is 0 Å². The van der Waals surface area contributed by atoms with E-state index in [0.717, 1.165) is 28.4 Å². The molecule has 1 atom stereocenters. The number of aliphatic hydroxyl groups excluding tert-OH is 1. The molecule has 0 bridgehead atoms. The Morgan fingerprint density at radius 3 is 1.88 bits per heavy atom. The zero-order chi connectivity index (χ0) is 17.1. The maximum Gasteiger partial charge on any atom is 0.0797 e. The van der Waals surface area contributed by atoms with Crippen LogP contribution in [-0.2, 0) is 0 Å². The first-order valence-corrected chi connectivity index (χ1v) is 9.56. The molecule has 0 spiro atoms.